The summed E-state index contributed by atoms with van der Waals surface area (Å²) < 4.78 is 5.40. The van der Waals surface area contributed by atoms with E-state index in [1.54, 1.807) is 18.5 Å². The van der Waals surface area contributed by atoms with Crippen molar-refractivity contribution < 1.29 is 14.6 Å². The number of hydrogen-bond acceptors (Lipinski definition) is 4. The van der Waals surface area contributed by atoms with Gasteiger partial charge in [0.2, 0.25) is 0 Å². The van der Waals surface area contributed by atoms with Crippen LogP contribution in [0.15, 0.2) is 18.5 Å². The number of carboxylic acid groups (broad SMARTS) is 1. The SMILES string of the molecule is CN(CCOc1cnccc1CN)C(=O)O. The minimum Gasteiger partial charge on any atom is -0.490 e. The summed E-state index contributed by atoms with van der Waals surface area (Å²) in [6.45, 7) is 0.947. The van der Waals surface area contributed by atoms with Crippen molar-refractivity contribution in [2.45, 2.75) is 6.54 Å². The molecule has 1 heterocycles. The van der Waals surface area contributed by atoms with Crippen LogP contribution in [0.1, 0.15) is 5.56 Å². The molecular formula is C10H15N3O3. The lowest BCUT2D eigenvalue weighted by Gasteiger charge is -2.14. The highest BCUT2D eigenvalue weighted by molar-refractivity contribution is 5.64. The van der Waals surface area contributed by atoms with E-state index in [1.807, 2.05) is 0 Å². The summed E-state index contributed by atoms with van der Waals surface area (Å²) in [6, 6.07) is 1.77. The Bertz CT molecular complexity index is 357. The average Bonchev–Trinajstić information content (AvgIpc) is 2.29. The summed E-state index contributed by atoms with van der Waals surface area (Å²) in [5.74, 6) is 0.601. The van der Waals surface area contributed by atoms with Crippen molar-refractivity contribution in [3.8, 4) is 5.75 Å². The molecule has 6 heteroatoms. The molecule has 0 unspecified atom stereocenters. The van der Waals surface area contributed by atoms with Gasteiger partial charge in [-0.25, -0.2) is 4.79 Å². The molecule has 0 saturated carbocycles. The van der Waals surface area contributed by atoms with Crippen LogP contribution in [0.3, 0.4) is 0 Å². The molecule has 0 saturated heterocycles. The van der Waals surface area contributed by atoms with E-state index >= 15 is 0 Å². The largest absolute Gasteiger partial charge is 0.490 e. The van der Waals surface area contributed by atoms with Crippen molar-refractivity contribution in [3.63, 3.8) is 0 Å². The number of aromatic nitrogens is 1. The van der Waals surface area contributed by atoms with Gasteiger partial charge in [0.15, 0.2) is 0 Å². The van der Waals surface area contributed by atoms with Gasteiger partial charge < -0.3 is 20.5 Å². The predicted molar refractivity (Wildman–Crippen MR) is 58.3 cm³/mol. The molecule has 0 aliphatic heterocycles. The standard InChI is InChI=1S/C10H15N3O3/c1-13(10(14)15)4-5-16-9-7-12-3-2-8(9)6-11/h2-3,7H,4-6,11H2,1H3,(H,14,15). The van der Waals surface area contributed by atoms with Crippen molar-refractivity contribution >= 4 is 6.09 Å². The highest BCUT2D eigenvalue weighted by Crippen LogP contribution is 2.15. The van der Waals surface area contributed by atoms with Crippen LogP contribution in [0.4, 0.5) is 4.79 Å². The molecule has 0 aromatic carbocycles. The van der Waals surface area contributed by atoms with Crippen LogP contribution < -0.4 is 10.5 Å². The second-order valence-corrected chi connectivity index (χ2v) is 3.24. The van der Waals surface area contributed by atoms with Crippen molar-refractivity contribution in [1.82, 2.24) is 9.88 Å². The van der Waals surface area contributed by atoms with Gasteiger partial charge in [-0.3, -0.25) is 4.98 Å². The molecule has 0 aliphatic rings. The first-order valence-electron chi connectivity index (χ1n) is 4.85. The van der Waals surface area contributed by atoms with Gasteiger partial charge in [-0.05, 0) is 6.07 Å². The first kappa shape index (κ1) is 12.3. The smallest absolute Gasteiger partial charge is 0.407 e. The van der Waals surface area contributed by atoms with Gasteiger partial charge in [0.05, 0.1) is 12.7 Å². The second kappa shape index (κ2) is 5.92. The van der Waals surface area contributed by atoms with Gasteiger partial charge in [0.1, 0.15) is 12.4 Å². The molecule has 0 atom stereocenters. The van der Waals surface area contributed by atoms with Gasteiger partial charge in [0.25, 0.3) is 0 Å². The second-order valence-electron chi connectivity index (χ2n) is 3.24. The predicted octanol–water partition coefficient (Wildman–Crippen LogP) is 0.529. The maximum atomic E-state index is 10.5. The number of pyridine rings is 1. The van der Waals surface area contributed by atoms with Crippen molar-refractivity contribution in [1.29, 1.82) is 0 Å². The van der Waals surface area contributed by atoms with Gasteiger partial charge >= 0.3 is 6.09 Å². The van der Waals surface area contributed by atoms with E-state index in [1.165, 1.54) is 7.05 Å². The Hall–Kier alpha value is -1.82. The number of rotatable bonds is 5. The number of hydrogen-bond donors (Lipinski definition) is 2. The van der Waals surface area contributed by atoms with E-state index in [9.17, 15) is 4.79 Å². The van der Waals surface area contributed by atoms with E-state index in [4.69, 9.17) is 15.6 Å². The lowest BCUT2D eigenvalue weighted by Crippen LogP contribution is -2.29. The molecule has 6 nitrogen and oxygen atoms in total. The molecule has 1 aromatic heterocycles. The topological polar surface area (TPSA) is 88.7 Å². The number of ether oxygens (including phenoxy) is 1. The van der Waals surface area contributed by atoms with Crippen molar-refractivity contribution in [2.75, 3.05) is 20.2 Å². The Balaban J connectivity index is 2.45. The zero-order chi connectivity index (χ0) is 12.0. The van der Waals surface area contributed by atoms with E-state index in [0.717, 1.165) is 10.5 Å². The lowest BCUT2D eigenvalue weighted by molar-refractivity contribution is 0.147. The maximum Gasteiger partial charge on any atom is 0.407 e. The third-order valence-corrected chi connectivity index (χ3v) is 2.10. The minimum absolute atomic E-state index is 0.279. The van der Waals surface area contributed by atoms with Crippen LogP contribution in [0.2, 0.25) is 0 Å². The average molecular weight is 225 g/mol. The fourth-order valence-corrected chi connectivity index (χ4v) is 1.10. The molecule has 3 N–H and O–H groups in total. The fourth-order valence-electron chi connectivity index (χ4n) is 1.10. The van der Waals surface area contributed by atoms with E-state index < -0.39 is 6.09 Å². The first-order chi connectivity index (χ1) is 7.65. The van der Waals surface area contributed by atoms with Crippen LogP contribution in [0.25, 0.3) is 0 Å². The lowest BCUT2D eigenvalue weighted by atomic mass is 10.2. The van der Waals surface area contributed by atoms with E-state index in [2.05, 4.69) is 4.98 Å². The third kappa shape index (κ3) is 3.39. The van der Waals surface area contributed by atoms with E-state index in [-0.39, 0.29) is 6.61 Å². The van der Waals surface area contributed by atoms with Crippen LogP contribution in [0.5, 0.6) is 5.75 Å². The molecule has 1 amide bonds. The van der Waals surface area contributed by atoms with Gasteiger partial charge in [0, 0.05) is 25.4 Å². The molecular weight excluding hydrogens is 210 g/mol. The zero-order valence-electron chi connectivity index (χ0n) is 9.09. The molecule has 0 aliphatic carbocycles. The molecule has 16 heavy (non-hydrogen) atoms. The van der Waals surface area contributed by atoms with Crippen molar-refractivity contribution in [2.24, 2.45) is 5.73 Å². The quantitative estimate of drug-likeness (QED) is 0.763. The molecule has 0 spiro atoms. The molecule has 1 rings (SSSR count). The number of likely N-dealkylation sites (N-methyl/N-ethyl adjacent to an activating group) is 1. The Kier molecular flexibility index (Phi) is 4.53. The van der Waals surface area contributed by atoms with Crippen LogP contribution >= 0.6 is 0 Å². The van der Waals surface area contributed by atoms with Gasteiger partial charge in [-0.2, -0.15) is 0 Å². The maximum absolute atomic E-state index is 10.5. The fraction of sp³-hybridized carbons (Fsp3) is 0.400. The van der Waals surface area contributed by atoms with Gasteiger partial charge in [-0.1, -0.05) is 0 Å². The number of nitrogens with two attached hydrogens (primary N) is 1. The Labute approximate surface area is 93.6 Å². The third-order valence-electron chi connectivity index (χ3n) is 2.10. The summed E-state index contributed by atoms with van der Waals surface area (Å²) in [7, 11) is 1.48. The van der Waals surface area contributed by atoms with Crippen LogP contribution in [0, 0.1) is 0 Å². The summed E-state index contributed by atoms with van der Waals surface area (Å²) >= 11 is 0. The summed E-state index contributed by atoms with van der Waals surface area (Å²) in [5.41, 5.74) is 6.37. The highest BCUT2D eigenvalue weighted by atomic mass is 16.5. The van der Waals surface area contributed by atoms with E-state index in [0.29, 0.717) is 18.8 Å². The number of nitrogens with zero attached hydrogens (tertiary/aromatic N) is 2. The normalized spacial score (nSPS) is 9.88. The first-order valence-corrected chi connectivity index (χ1v) is 4.85. The Morgan fingerprint density at radius 1 is 1.69 bits per heavy atom. The van der Waals surface area contributed by atoms with Crippen molar-refractivity contribution in [3.05, 3.63) is 24.0 Å². The number of amides is 1. The number of carbonyl (C=O) groups is 1. The van der Waals surface area contributed by atoms with Crippen LogP contribution in [-0.4, -0.2) is 41.3 Å². The molecule has 88 valence electrons. The Morgan fingerprint density at radius 2 is 2.44 bits per heavy atom. The molecule has 0 radical (unpaired) electrons. The molecule has 0 bridgehead atoms. The molecule has 1 aromatic rings. The summed E-state index contributed by atoms with van der Waals surface area (Å²) in [4.78, 5) is 15.6. The zero-order valence-corrected chi connectivity index (χ0v) is 9.09. The summed E-state index contributed by atoms with van der Waals surface area (Å²) in [5, 5.41) is 8.62. The Morgan fingerprint density at radius 3 is 3.06 bits per heavy atom. The monoisotopic (exact) mass is 225 g/mol. The minimum atomic E-state index is -0.978. The van der Waals surface area contributed by atoms with Crippen LogP contribution in [-0.2, 0) is 6.54 Å². The van der Waals surface area contributed by atoms with Gasteiger partial charge in [-0.15, -0.1) is 0 Å². The molecule has 0 fully saturated rings. The summed E-state index contributed by atoms with van der Waals surface area (Å²) in [6.07, 6.45) is 2.23. The highest BCUT2D eigenvalue weighted by Gasteiger charge is 2.06.